The molecule has 146 valence electrons. The topological polar surface area (TPSA) is 93.4 Å². The van der Waals surface area contributed by atoms with Crippen molar-refractivity contribution < 1.29 is 4.79 Å². The van der Waals surface area contributed by atoms with E-state index in [2.05, 4.69) is 25.7 Å². The zero-order valence-electron chi connectivity index (χ0n) is 15.1. The molecule has 1 aliphatic rings. The SMILES string of the molecule is Cc1ccc(-n2cnnc2SCC(=O)NCc2n[nH]c(=S)n2C2CC2)cc1Cl. The molecule has 2 aromatic heterocycles. The predicted octanol–water partition coefficient (Wildman–Crippen LogP) is 3.23. The average Bonchev–Trinajstić information content (AvgIpc) is 3.28. The maximum Gasteiger partial charge on any atom is 0.230 e. The van der Waals surface area contributed by atoms with Crippen LogP contribution < -0.4 is 5.32 Å². The number of amides is 1. The highest BCUT2D eigenvalue weighted by atomic mass is 35.5. The third kappa shape index (κ3) is 4.13. The summed E-state index contributed by atoms with van der Waals surface area (Å²) in [7, 11) is 0. The molecule has 1 fully saturated rings. The number of halogens is 1. The zero-order valence-corrected chi connectivity index (χ0v) is 17.4. The van der Waals surface area contributed by atoms with E-state index >= 15 is 0 Å². The molecule has 2 heterocycles. The molecule has 4 rings (SSSR count). The lowest BCUT2D eigenvalue weighted by Gasteiger charge is -2.09. The standard InChI is InChI=1S/C17H18ClN7OS2/c1-10-2-3-12(6-13(10)18)24-9-20-23-17(24)28-8-15(26)19-7-14-21-22-16(27)25(14)11-4-5-11/h2-3,6,9,11H,4-5,7-8H2,1H3,(H,19,26)(H,22,27). The Morgan fingerprint density at radius 3 is 3.04 bits per heavy atom. The molecule has 0 spiro atoms. The average molecular weight is 436 g/mol. The molecule has 1 saturated carbocycles. The Bertz CT molecular complexity index is 1070. The van der Waals surface area contributed by atoms with Gasteiger partial charge in [0.1, 0.15) is 6.33 Å². The van der Waals surface area contributed by atoms with Crippen molar-refractivity contribution in [2.45, 2.75) is 37.5 Å². The minimum absolute atomic E-state index is 0.113. The number of thioether (sulfide) groups is 1. The second-order valence-electron chi connectivity index (χ2n) is 6.53. The van der Waals surface area contributed by atoms with Gasteiger partial charge in [0.15, 0.2) is 15.8 Å². The Hall–Kier alpha value is -2.17. The van der Waals surface area contributed by atoms with Crippen molar-refractivity contribution >= 4 is 41.5 Å². The van der Waals surface area contributed by atoms with E-state index in [-0.39, 0.29) is 11.7 Å². The van der Waals surface area contributed by atoms with Crippen molar-refractivity contribution in [3.63, 3.8) is 0 Å². The van der Waals surface area contributed by atoms with Gasteiger partial charge in [-0.1, -0.05) is 29.4 Å². The fourth-order valence-electron chi connectivity index (χ4n) is 2.76. The molecule has 0 saturated heterocycles. The van der Waals surface area contributed by atoms with E-state index in [1.165, 1.54) is 11.8 Å². The van der Waals surface area contributed by atoms with Crippen molar-refractivity contribution in [1.82, 2.24) is 34.8 Å². The third-order valence-corrected chi connectivity index (χ3v) is 6.05. The van der Waals surface area contributed by atoms with Gasteiger partial charge in [-0.3, -0.25) is 19.0 Å². The number of aryl methyl sites for hydroxylation is 1. The lowest BCUT2D eigenvalue weighted by molar-refractivity contribution is -0.118. The van der Waals surface area contributed by atoms with Crippen LogP contribution in [0.15, 0.2) is 29.7 Å². The van der Waals surface area contributed by atoms with Crippen LogP contribution in [0.2, 0.25) is 5.02 Å². The molecule has 1 aromatic carbocycles. The summed E-state index contributed by atoms with van der Waals surface area (Å²) in [6.45, 7) is 2.28. The van der Waals surface area contributed by atoms with E-state index in [0.29, 0.717) is 27.5 Å². The van der Waals surface area contributed by atoms with Gasteiger partial charge < -0.3 is 5.32 Å². The minimum atomic E-state index is -0.113. The number of rotatable bonds is 7. The number of benzene rings is 1. The highest BCUT2D eigenvalue weighted by Crippen LogP contribution is 2.35. The van der Waals surface area contributed by atoms with Crippen molar-refractivity contribution in [2.75, 3.05) is 5.75 Å². The normalized spacial score (nSPS) is 13.6. The number of aromatic nitrogens is 6. The molecule has 1 amide bonds. The van der Waals surface area contributed by atoms with Gasteiger partial charge in [-0.2, -0.15) is 5.10 Å². The van der Waals surface area contributed by atoms with Gasteiger partial charge in [0, 0.05) is 11.1 Å². The first-order valence-electron chi connectivity index (χ1n) is 8.75. The van der Waals surface area contributed by atoms with Gasteiger partial charge in [-0.05, 0) is 49.7 Å². The molecule has 1 aliphatic carbocycles. The zero-order chi connectivity index (χ0) is 19.7. The van der Waals surface area contributed by atoms with E-state index in [1.54, 1.807) is 6.33 Å². The third-order valence-electron chi connectivity index (χ3n) is 4.42. The van der Waals surface area contributed by atoms with Gasteiger partial charge in [-0.15, -0.1) is 10.2 Å². The lowest BCUT2D eigenvalue weighted by atomic mass is 10.2. The van der Waals surface area contributed by atoms with E-state index in [1.807, 2.05) is 34.3 Å². The van der Waals surface area contributed by atoms with Crippen molar-refractivity contribution in [1.29, 1.82) is 0 Å². The second kappa shape index (κ2) is 8.06. The van der Waals surface area contributed by atoms with Crippen LogP contribution in [0.1, 0.15) is 30.3 Å². The second-order valence-corrected chi connectivity index (χ2v) is 8.26. The quantitative estimate of drug-likeness (QED) is 0.437. The molecule has 8 nitrogen and oxygen atoms in total. The Morgan fingerprint density at radius 1 is 1.46 bits per heavy atom. The number of carbonyl (C=O) groups excluding carboxylic acids is 1. The number of hydrogen-bond donors (Lipinski definition) is 2. The van der Waals surface area contributed by atoms with Crippen LogP contribution in [-0.4, -0.2) is 41.2 Å². The van der Waals surface area contributed by atoms with Crippen LogP contribution in [0.4, 0.5) is 0 Å². The Morgan fingerprint density at radius 2 is 2.29 bits per heavy atom. The highest BCUT2D eigenvalue weighted by molar-refractivity contribution is 7.99. The maximum atomic E-state index is 12.3. The maximum absolute atomic E-state index is 12.3. The molecular weight excluding hydrogens is 418 g/mol. The fourth-order valence-corrected chi connectivity index (χ4v) is 4.00. The van der Waals surface area contributed by atoms with Crippen LogP contribution >= 0.6 is 35.6 Å². The van der Waals surface area contributed by atoms with Gasteiger partial charge in [-0.25, -0.2) is 0 Å². The van der Waals surface area contributed by atoms with Gasteiger partial charge >= 0.3 is 0 Å². The summed E-state index contributed by atoms with van der Waals surface area (Å²) in [6.07, 6.45) is 3.81. The Kier molecular flexibility index (Phi) is 5.51. The van der Waals surface area contributed by atoms with Gasteiger partial charge in [0.05, 0.1) is 18.0 Å². The minimum Gasteiger partial charge on any atom is -0.348 e. The number of hydrogen-bond acceptors (Lipinski definition) is 6. The molecule has 0 aliphatic heterocycles. The summed E-state index contributed by atoms with van der Waals surface area (Å²) in [4.78, 5) is 12.3. The predicted molar refractivity (Wildman–Crippen MR) is 109 cm³/mol. The largest absolute Gasteiger partial charge is 0.348 e. The molecule has 11 heteroatoms. The summed E-state index contributed by atoms with van der Waals surface area (Å²) in [6, 6.07) is 6.14. The van der Waals surface area contributed by atoms with E-state index in [9.17, 15) is 4.79 Å². The summed E-state index contributed by atoms with van der Waals surface area (Å²) in [5.41, 5.74) is 1.85. The molecule has 28 heavy (non-hydrogen) atoms. The number of carbonyl (C=O) groups is 1. The molecule has 3 aromatic rings. The summed E-state index contributed by atoms with van der Waals surface area (Å²) < 4.78 is 4.40. The van der Waals surface area contributed by atoms with Crippen molar-refractivity contribution in [3.8, 4) is 5.69 Å². The lowest BCUT2D eigenvalue weighted by Crippen LogP contribution is -2.26. The molecule has 0 bridgehead atoms. The molecule has 0 atom stereocenters. The van der Waals surface area contributed by atoms with E-state index in [4.69, 9.17) is 23.8 Å². The smallest absolute Gasteiger partial charge is 0.230 e. The molecular formula is C17H18ClN7OS2. The van der Waals surface area contributed by atoms with Crippen LogP contribution in [0.5, 0.6) is 0 Å². The summed E-state index contributed by atoms with van der Waals surface area (Å²) in [5.74, 6) is 0.855. The first kappa shape index (κ1) is 19.2. The van der Waals surface area contributed by atoms with Crippen molar-refractivity contribution in [3.05, 3.63) is 45.7 Å². The summed E-state index contributed by atoms with van der Waals surface area (Å²) in [5, 5.41) is 19.2. The van der Waals surface area contributed by atoms with Crippen molar-refractivity contribution in [2.24, 2.45) is 0 Å². The van der Waals surface area contributed by atoms with E-state index in [0.717, 1.165) is 29.9 Å². The first-order chi connectivity index (χ1) is 13.5. The van der Waals surface area contributed by atoms with Gasteiger partial charge in [0.2, 0.25) is 5.91 Å². The molecule has 0 unspecified atom stereocenters. The van der Waals surface area contributed by atoms with Crippen LogP contribution in [0.25, 0.3) is 5.69 Å². The molecule has 0 radical (unpaired) electrons. The number of aromatic amines is 1. The van der Waals surface area contributed by atoms with Crippen LogP contribution in [0, 0.1) is 11.7 Å². The Balaban J connectivity index is 1.36. The summed E-state index contributed by atoms with van der Waals surface area (Å²) >= 11 is 12.8. The van der Waals surface area contributed by atoms with Crippen LogP contribution in [-0.2, 0) is 11.3 Å². The number of H-pyrrole nitrogens is 1. The monoisotopic (exact) mass is 435 g/mol. The fraction of sp³-hybridized carbons (Fsp3) is 0.353. The first-order valence-corrected chi connectivity index (χ1v) is 10.5. The number of nitrogens with zero attached hydrogens (tertiary/aromatic N) is 5. The van der Waals surface area contributed by atoms with E-state index < -0.39 is 0 Å². The van der Waals surface area contributed by atoms with Gasteiger partial charge in [0.25, 0.3) is 0 Å². The van der Waals surface area contributed by atoms with Crippen LogP contribution in [0.3, 0.4) is 0 Å². The highest BCUT2D eigenvalue weighted by Gasteiger charge is 2.27. The number of nitrogens with one attached hydrogen (secondary N) is 2. The Labute approximate surface area is 175 Å². The molecule has 2 N–H and O–H groups in total.